The fourth-order valence-electron chi connectivity index (χ4n) is 5.46. The Morgan fingerprint density at radius 2 is 1.84 bits per heavy atom. The summed E-state index contributed by atoms with van der Waals surface area (Å²) in [5, 5.41) is 14.1. The van der Waals surface area contributed by atoms with E-state index in [2.05, 4.69) is 27.2 Å². The molecule has 0 aromatic heterocycles. The van der Waals surface area contributed by atoms with Gasteiger partial charge >= 0.3 is 0 Å². The number of nitrogens with zero attached hydrogens (tertiary/aromatic N) is 2. The molecule has 1 atom stereocenters. The molecule has 7 nitrogen and oxygen atoms in total. The summed E-state index contributed by atoms with van der Waals surface area (Å²) in [5.41, 5.74) is 1.72. The van der Waals surface area contributed by atoms with Crippen molar-refractivity contribution in [1.29, 1.82) is 0 Å². The summed E-state index contributed by atoms with van der Waals surface area (Å²) in [6.45, 7) is 8.42. The van der Waals surface area contributed by atoms with Crippen molar-refractivity contribution in [2.45, 2.75) is 50.9 Å². The highest BCUT2D eigenvalue weighted by Crippen LogP contribution is 2.37. The summed E-state index contributed by atoms with van der Waals surface area (Å²) in [4.78, 5) is 4.84. The second kappa shape index (κ2) is 11.2. The Bertz CT molecular complexity index is 707. The van der Waals surface area contributed by atoms with Gasteiger partial charge in [0.15, 0.2) is 11.5 Å². The number of hydrogen-bond donors (Lipinski definition) is 2. The molecule has 3 heterocycles. The molecule has 1 aromatic rings. The van der Waals surface area contributed by atoms with E-state index in [1.165, 1.54) is 24.8 Å². The zero-order valence-electron chi connectivity index (χ0n) is 19.9. The SMILES string of the molecule is COc1cc(CN2CCC(OC)CC2)ccc1OCC(O)CN1CCC2(CCNC2)CC1. The van der Waals surface area contributed by atoms with Crippen LogP contribution >= 0.6 is 0 Å². The summed E-state index contributed by atoms with van der Waals surface area (Å²) in [6, 6.07) is 6.14. The number of benzene rings is 1. The molecule has 180 valence electrons. The predicted molar refractivity (Wildman–Crippen MR) is 125 cm³/mol. The van der Waals surface area contributed by atoms with Crippen molar-refractivity contribution < 1.29 is 19.3 Å². The molecule has 3 aliphatic heterocycles. The average molecular weight is 448 g/mol. The van der Waals surface area contributed by atoms with Crippen molar-refractivity contribution in [2.75, 3.05) is 66.6 Å². The zero-order chi connectivity index (χ0) is 22.4. The number of methoxy groups -OCH3 is 2. The summed E-state index contributed by atoms with van der Waals surface area (Å²) >= 11 is 0. The monoisotopic (exact) mass is 447 g/mol. The van der Waals surface area contributed by atoms with Crippen LogP contribution in [0.15, 0.2) is 18.2 Å². The third kappa shape index (κ3) is 6.14. The molecular formula is C25H41N3O4. The van der Waals surface area contributed by atoms with Crippen LogP contribution in [0.4, 0.5) is 0 Å². The Morgan fingerprint density at radius 1 is 1.06 bits per heavy atom. The minimum atomic E-state index is -0.503. The highest BCUT2D eigenvalue weighted by Gasteiger charge is 2.37. The minimum Gasteiger partial charge on any atom is -0.493 e. The van der Waals surface area contributed by atoms with E-state index in [9.17, 15) is 5.11 Å². The van der Waals surface area contributed by atoms with E-state index in [4.69, 9.17) is 14.2 Å². The third-order valence-electron chi connectivity index (χ3n) is 7.65. The Labute approximate surface area is 193 Å². The number of hydrogen-bond acceptors (Lipinski definition) is 7. The van der Waals surface area contributed by atoms with Crippen molar-refractivity contribution in [2.24, 2.45) is 5.41 Å². The summed E-state index contributed by atoms with van der Waals surface area (Å²) < 4.78 is 17.0. The first-order valence-corrected chi connectivity index (χ1v) is 12.3. The molecule has 0 saturated carbocycles. The highest BCUT2D eigenvalue weighted by molar-refractivity contribution is 5.43. The van der Waals surface area contributed by atoms with Crippen LogP contribution in [0, 0.1) is 5.41 Å². The Hall–Kier alpha value is -1.38. The van der Waals surface area contributed by atoms with Crippen LogP contribution in [0.5, 0.6) is 11.5 Å². The lowest BCUT2D eigenvalue weighted by molar-refractivity contribution is 0.0386. The number of piperidine rings is 2. The number of rotatable bonds is 9. The summed E-state index contributed by atoms with van der Waals surface area (Å²) in [6.07, 6.45) is 5.82. The first-order valence-electron chi connectivity index (χ1n) is 12.3. The second-order valence-electron chi connectivity index (χ2n) is 9.89. The van der Waals surface area contributed by atoms with Crippen LogP contribution in [-0.2, 0) is 11.3 Å². The van der Waals surface area contributed by atoms with E-state index in [1.54, 1.807) is 14.2 Å². The van der Waals surface area contributed by atoms with E-state index in [0.717, 1.165) is 64.4 Å². The third-order valence-corrected chi connectivity index (χ3v) is 7.65. The quantitative estimate of drug-likeness (QED) is 0.601. The van der Waals surface area contributed by atoms with Gasteiger partial charge in [-0.25, -0.2) is 0 Å². The number of likely N-dealkylation sites (tertiary alicyclic amines) is 2. The molecule has 1 spiro atoms. The molecular weight excluding hydrogens is 406 g/mol. The lowest BCUT2D eigenvalue weighted by atomic mass is 9.78. The van der Waals surface area contributed by atoms with Crippen molar-refractivity contribution >= 4 is 0 Å². The standard InChI is InChI=1S/C25H41N3O4/c1-30-22-5-11-27(12-6-22)16-20-3-4-23(24(15-20)31-2)32-18-21(29)17-28-13-8-25(9-14-28)7-10-26-19-25/h3-4,15,21-22,26,29H,5-14,16-19H2,1-2H3. The van der Waals surface area contributed by atoms with E-state index < -0.39 is 6.10 Å². The predicted octanol–water partition coefficient (Wildman–Crippen LogP) is 2.12. The maximum absolute atomic E-state index is 10.6. The van der Waals surface area contributed by atoms with Gasteiger partial charge in [0.2, 0.25) is 0 Å². The summed E-state index contributed by atoms with van der Waals surface area (Å²) in [5.74, 6) is 1.43. The second-order valence-corrected chi connectivity index (χ2v) is 9.89. The molecule has 32 heavy (non-hydrogen) atoms. The molecule has 3 saturated heterocycles. The number of nitrogens with one attached hydrogen (secondary N) is 1. The van der Waals surface area contributed by atoms with Gasteiger partial charge in [-0.3, -0.25) is 4.90 Å². The molecule has 0 aliphatic carbocycles. The van der Waals surface area contributed by atoms with Gasteiger partial charge in [0, 0.05) is 39.8 Å². The average Bonchev–Trinajstić information content (AvgIpc) is 3.28. The first kappa shape index (κ1) is 23.8. The first-order chi connectivity index (χ1) is 15.6. The maximum atomic E-state index is 10.6. The number of β-amino-alcohol motifs (C(OH)–C–C–N with tert-alkyl or cyclic N) is 1. The van der Waals surface area contributed by atoms with Crippen LogP contribution < -0.4 is 14.8 Å². The van der Waals surface area contributed by atoms with Crippen molar-refractivity contribution in [3.63, 3.8) is 0 Å². The molecule has 7 heteroatoms. The van der Waals surface area contributed by atoms with E-state index in [1.807, 2.05) is 6.07 Å². The van der Waals surface area contributed by atoms with Gasteiger partial charge in [0.25, 0.3) is 0 Å². The smallest absolute Gasteiger partial charge is 0.161 e. The van der Waals surface area contributed by atoms with Gasteiger partial charge < -0.3 is 29.5 Å². The molecule has 3 fully saturated rings. The number of ether oxygens (including phenoxy) is 3. The molecule has 2 N–H and O–H groups in total. The maximum Gasteiger partial charge on any atom is 0.161 e. The van der Waals surface area contributed by atoms with Gasteiger partial charge in [0.1, 0.15) is 12.7 Å². The molecule has 4 rings (SSSR count). The Balaban J connectivity index is 1.22. The van der Waals surface area contributed by atoms with Crippen molar-refractivity contribution in [1.82, 2.24) is 15.1 Å². The van der Waals surface area contributed by atoms with E-state index in [-0.39, 0.29) is 6.61 Å². The molecule has 0 bridgehead atoms. The Kier molecular flexibility index (Phi) is 8.29. The highest BCUT2D eigenvalue weighted by atomic mass is 16.5. The lowest BCUT2D eigenvalue weighted by Crippen LogP contribution is -2.45. The molecule has 3 aliphatic rings. The van der Waals surface area contributed by atoms with E-state index in [0.29, 0.717) is 23.8 Å². The minimum absolute atomic E-state index is 0.281. The van der Waals surface area contributed by atoms with Gasteiger partial charge in [-0.15, -0.1) is 0 Å². The lowest BCUT2D eigenvalue weighted by Gasteiger charge is -2.39. The number of aliphatic hydroxyl groups excluding tert-OH is 1. The van der Waals surface area contributed by atoms with Crippen LogP contribution in [0.1, 0.15) is 37.7 Å². The fourth-order valence-corrected chi connectivity index (χ4v) is 5.46. The van der Waals surface area contributed by atoms with Crippen LogP contribution in [0.25, 0.3) is 0 Å². The zero-order valence-corrected chi connectivity index (χ0v) is 19.9. The summed E-state index contributed by atoms with van der Waals surface area (Å²) in [7, 11) is 3.48. The van der Waals surface area contributed by atoms with Crippen molar-refractivity contribution in [3.05, 3.63) is 23.8 Å². The number of aliphatic hydroxyl groups is 1. The molecule has 1 aromatic carbocycles. The van der Waals surface area contributed by atoms with Crippen LogP contribution in [-0.4, -0.2) is 93.8 Å². The van der Waals surface area contributed by atoms with Crippen LogP contribution in [0.3, 0.4) is 0 Å². The van der Waals surface area contributed by atoms with Gasteiger partial charge in [-0.05, 0) is 74.8 Å². The van der Waals surface area contributed by atoms with Gasteiger partial charge in [0.05, 0.1) is 13.2 Å². The fraction of sp³-hybridized carbons (Fsp3) is 0.760. The molecule has 0 amide bonds. The molecule has 0 radical (unpaired) electrons. The van der Waals surface area contributed by atoms with Gasteiger partial charge in [-0.2, -0.15) is 0 Å². The Morgan fingerprint density at radius 3 is 2.50 bits per heavy atom. The van der Waals surface area contributed by atoms with Crippen molar-refractivity contribution in [3.8, 4) is 11.5 Å². The van der Waals surface area contributed by atoms with E-state index >= 15 is 0 Å². The molecule has 1 unspecified atom stereocenters. The largest absolute Gasteiger partial charge is 0.493 e. The van der Waals surface area contributed by atoms with Crippen LogP contribution in [0.2, 0.25) is 0 Å². The topological polar surface area (TPSA) is 66.4 Å². The normalized spacial score (nSPS) is 23.5. The van der Waals surface area contributed by atoms with Gasteiger partial charge in [-0.1, -0.05) is 6.07 Å².